The average molecular weight is 432 g/mol. The Labute approximate surface area is 181 Å². The highest BCUT2D eigenvalue weighted by Gasteiger charge is 2.23. The zero-order chi connectivity index (χ0) is 20.9. The zero-order valence-electron chi connectivity index (χ0n) is 17.1. The molecular weight excluding hydrogens is 405 g/mol. The van der Waals surface area contributed by atoms with E-state index in [9.17, 15) is 9.18 Å². The van der Waals surface area contributed by atoms with Crippen molar-refractivity contribution in [2.24, 2.45) is 0 Å². The van der Waals surface area contributed by atoms with E-state index in [0.717, 1.165) is 43.5 Å². The Morgan fingerprint density at radius 1 is 1.00 bits per heavy atom. The molecule has 2 aliphatic rings. The lowest BCUT2D eigenvalue weighted by Crippen LogP contribution is -2.49. The minimum absolute atomic E-state index is 0.0994. The van der Waals surface area contributed by atoms with Crippen molar-refractivity contribution in [2.75, 3.05) is 49.1 Å². The van der Waals surface area contributed by atoms with E-state index in [0.29, 0.717) is 25.9 Å². The zero-order valence-corrected chi connectivity index (χ0v) is 17.8. The van der Waals surface area contributed by atoms with E-state index < -0.39 is 5.82 Å². The highest BCUT2D eigenvalue weighted by Crippen LogP contribution is 2.21. The van der Waals surface area contributed by atoms with E-state index in [2.05, 4.69) is 14.8 Å². The van der Waals surface area contributed by atoms with E-state index in [1.54, 1.807) is 12.1 Å². The third-order valence-electron chi connectivity index (χ3n) is 5.83. The number of halogens is 2. The Balaban J connectivity index is 1.29. The molecule has 2 fully saturated rings. The standard InChI is InChI=1S/C22H27ClFN5O/c23-18-16-17(4-6-19(18)24)5-7-21(30)28-14-12-27(13-15-28)20-8-9-25-22(26-20)29-10-2-1-3-11-29/h4,6,8-9,16H,1-3,5,7,10-15H2. The Hall–Kier alpha value is -2.41. The smallest absolute Gasteiger partial charge is 0.227 e. The second-order valence-corrected chi connectivity index (χ2v) is 8.29. The van der Waals surface area contributed by atoms with E-state index in [-0.39, 0.29) is 10.9 Å². The molecule has 2 aliphatic heterocycles. The maximum atomic E-state index is 13.3. The number of carbonyl (C=O) groups is 1. The highest BCUT2D eigenvalue weighted by atomic mass is 35.5. The van der Waals surface area contributed by atoms with Crippen molar-refractivity contribution in [1.29, 1.82) is 0 Å². The summed E-state index contributed by atoms with van der Waals surface area (Å²) in [5.74, 6) is 1.42. The maximum absolute atomic E-state index is 13.3. The normalized spacial score (nSPS) is 17.3. The van der Waals surface area contributed by atoms with Gasteiger partial charge in [0.15, 0.2) is 0 Å². The van der Waals surface area contributed by atoms with Crippen LogP contribution in [0, 0.1) is 5.82 Å². The first-order chi connectivity index (χ1) is 14.6. The molecule has 3 heterocycles. The number of anilines is 2. The van der Waals surface area contributed by atoms with Gasteiger partial charge in [0.05, 0.1) is 5.02 Å². The monoisotopic (exact) mass is 431 g/mol. The molecule has 6 nitrogen and oxygen atoms in total. The third-order valence-corrected chi connectivity index (χ3v) is 6.12. The number of aromatic nitrogens is 2. The molecule has 0 bridgehead atoms. The molecule has 160 valence electrons. The first kappa shape index (κ1) is 20.8. The first-order valence-corrected chi connectivity index (χ1v) is 11.0. The summed E-state index contributed by atoms with van der Waals surface area (Å²) in [4.78, 5) is 28.2. The molecule has 0 saturated carbocycles. The van der Waals surface area contributed by atoms with E-state index in [1.165, 1.54) is 25.3 Å². The Morgan fingerprint density at radius 3 is 2.50 bits per heavy atom. The van der Waals surface area contributed by atoms with Crippen LogP contribution < -0.4 is 9.80 Å². The van der Waals surface area contributed by atoms with Gasteiger partial charge in [0.25, 0.3) is 0 Å². The van der Waals surface area contributed by atoms with Crippen LogP contribution in [0.15, 0.2) is 30.5 Å². The van der Waals surface area contributed by atoms with Crippen molar-refractivity contribution in [3.8, 4) is 0 Å². The van der Waals surface area contributed by atoms with Crippen LogP contribution in [-0.2, 0) is 11.2 Å². The van der Waals surface area contributed by atoms with Crippen LogP contribution in [0.4, 0.5) is 16.2 Å². The fourth-order valence-electron chi connectivity index (χ4n) is 4.05. The second-order valence-electron chi connectivity index (χ2n) is 7.88. The fraction of sp³-hybridized carbons (Fsp3) is 0.500. The predicted octanol–water partition coefficient (Wildman–Crippen LogP) is 3.54. The molecule has 0 atom stereocenters. The lowest BCUT2D eigenvalue weighted by Gasteiger charge is -2.36. The molecule has 0 aliphatic carbocycles. The number of nitrogens with zero attached hydrogens (tertiary/aromatic N) is 5. The van der Waals surface area contributed by atoms with E-state index in [4.69, 9.17) is 16.6 Å². The van der Waals surface area contributed by atoms with Gasteiger partial charge >= 0.3 is 0 Å². The number of benzene rings is 1. The van der Waals surface area contributed by atoms with Gasteiger partial charge in [-0.15, -0.1) is 0 Å². The van der Waals surface area contributed by atoms with Crippen molar-refractivity contribution < 1.29 is 9.18 Å². The second kappa shape index (κ2) is 9.60. The van der Waals surface area contributed by atoms with Crippen LogP contribution in [-0.4, -0.2) is 60.0 Å². The van der Waals surface area contributed by atoms with Gasteiger partial charge in [0, 0.05) is 51.9 Å². The van der Waals surface area contributed by atoms with Crippen LogP contribution in [0.1, 0.15) is 31.2 Å². The molecule has 0 N–H and O–H groups in total. The molecule has 4 rings (SSSR count). The van der Waals surface area contributed by atoms with Crippen molar-refractivity contribution in [2.45, 2.75) is 32.1 Å². The minimum Gasteiger partial charge on any atom is -0.353 e. The summed E-state index contributed by atoms with van der Waals surface area (Å²) >= 11 is 5.82. The number of piperazine rings is 1. The molecule has 1 aromatic heterocycles. The number of rotatable bonds is 5. The summed E-state index contributed by atoms with van der Waals surface area (Å²) in [5.41, 5.74) is 0.875. The van der Waals surface area contributed by atoms with Gasteiger partial charge in [-0.1, -0.05) is 17.7 Å². The molecular formula is C22H27ClFN5O. The molecule has 0 unspecified atom stereocenters. The maximum Gasteiger partial charge on any atom is 0.227 e. The summed E-state index contributed by atoms with van der Waals surface area (Å²) in [6, 6.07) is 6.57. The van der Waals surface area contributed by atoms with Crippen LogP contribution in [0.2, 0.25) is 5.02 Å². The molecule has 0 spiro atoms. The largest absolute Gasteiger partial charge is 0.353 e. The Morgan fingerprint density at radius 2 is 1.77 bits per heavy atom. The Kier molecular flexibility index (Phi) is 6.67. The quantitative estimate of drug-likeness (QED) is 0.724. The van der Waals surface area contributed by atoms with Gasteiger partial charge in [-0.3, -0.25) is 4.79 Å². The number of carbonyl (C=O) groups excluding carboxylic acids is 1. The van der Waals surface area contributed by atoms with Crippen LogP contribution >= 0.6 is 11.6 Å². The molecule has 30 heavy (non-hydrogen) atoms. The van der Waals surface area contributed by atoms with Crippen LogP contribution in [0.25, 0.3) is 0 Å². The summed E-state index contributed by atoms with van der Waals surface area (Å²) < 4.78 is 13.3. The number of piperidine rings is 1. The topological polar surface area (TPSA) is 52.6 Å². The molecule has 1 aromatic carbocycles. The number of amides is 1. The van der Waals surface area contributed by atoms with Gasteiger partial charge in [-0.25, -0.2) is 9.37 Å². The number of aryl methyl sites for hydroxylation is 1. The lowest BCUT2D eigenvalue weighted by molar-refractivity contribution is -0.131. The van der Waals surface area contributed by atoms with Gasteiger partial charge in [-0.2, -0.15) is 4.98 Å². The minimum atomic E-state index is -0.434. The number of hydrogen-bond donors (Lipinski definition) is 0. The first-order valence-electron chi connectivity index (χ1n) is 10.6. The third kappa shape index (κ3) is 5.01. The predicted molar refractivity (Wildman–Crippen MR) is 117 cm³/mol. The summed E-state index contributed by atoms with van der Waals surface area (Å²) in [5, 5.41) is 0.0994. The molecule has 0 radical (unpaired) electrons. The fourth-order valence-corrected chi connectivity index (χ4v) is 4.25. The van der Waals surface area contributed by atoms with Gasteiger partial charge < -0.3 is 14.7 Å². The van der Waals surface area contributed by atoms with Gasteiger partial charge in [-0.05, 0) is 49.4 Å². The summed E-state index contributed by atoms with van der Waals surface area (Å²) in [6.45, 7) is 4.89. The SMILES string of the molecule is O=C(CCc1ccc(F)c(Cl)c1)N1CCN(c2ccnc(N3CCCCC3)n2)CC1. The Bertz CT molecular complexity index is 882. The average Bonchev–Trinajstić information content (AvgIpc) is 2.80. The van der Waals surface area contributed by atoms with Crippen molar-refractivity contribution >= 4 is 29.3 Å². The summed E-state index contributed by atoms with van der Waals surface area (Å²) in [6.07, 6.45) is 6.45. The number of hydrogen-bond acceptors (Lipinski definition) is 5. The van der Waals surface area contributed by atoms with Crippen molar-refractivity contribution in [3.05, 3.63) is 46.9 Å². The van der Waals surface area contributed by atoms with Crippen molar-refractivity contribution in [1.82, 2.24) is 14.9 Å². The molecule has 2 aromatic rings. The molecule has 2 saturated heterocycles. The molecule has 8 heteroatoms. The van der Waals surface area contributed by atoms with E-state index >= 15 is 0 Å². The van der Waals surface area contributed by atoms with Gasteiger partial charge in [0.1, 0.15) is 11.6 Å². The molecule has 1 amide bonds. The summed E-state index contributed by atoms with van der Waals surface area (Å²) in [7, 11) is 0. The van der Waals surface area contributed by atoms with Crippen molar-refractivity contribution in [3.63, 3.8) is 0 Å². The van der Waals surface area contributed by atoms with Gasteiger partial charge in [0.2, 0.25) is 11.9 Å². The lowest BCUT2D eigenvalue weighted by atomic mass is 10.1. The highest BCUT2D eigenvalue weighted by molar-refractivity contribution is 6.30. The van der Waals surface area contributed by atoms with E-state index in [1.807, 2.05) is 17.2 Å². The van der Waals surface area contributed by atoms with Crippen LogP contribution in [0.3, 0.4) is 0 Å². The van der Waals surface area contributed by atoms with Crippen LogP contribution in [0.5, 0.6) is 0 Å².